The molecule has 0 unspecified atom stereocenters. The van der Waals surface area contributed by atoms with Gasteiger partial charge in [-0.2, -0.15) is 18.2 Å². The van der Waals surface area contributed by atoms with E-state index in [1.54, 1.807) is 23.8 Å². The lowest BCUT2D eigenvalue weighted by atomic mass is 9.87. The first-order valence-electron chi connectivity index (χ1n) is 12.8. The van der Waals surface area contributed by atoms with Crippen molar-refractivity contribution < 1.29 is 27.0 Å². The maximum absolute atomic E-state index is 14.4. The highest BCUT2D eigenvalue weighted by Gasteiger charge is 2.41. The Kier molecular flexibility index (Phi) is 8.03. The molecule has 1 fully saturated rings. The van der Waals surface area contributed by atoms with Gasteiger partial charge in [0.05, 0.1) is 22.6 Å². The van der Waals surface area contributed by atoms with Crippen molar-refractivity contribution in [1.29, 1.82) is 0 Å². The SMILES string of the molecule is Cc1nc(OC2CCC(C(F)(F)F)CC2)cc(-c2cn(COCC[Si](C)(C)C)c3cc(F)c(=O)n(C)c23)n1. The molecule has 3 aromatic heterocycles. The Morgan fingerprint density at radius 2 is 1.79 bits per heavy atom. The van der Waals surface area contributed by atoms with Gasteiger partial charge in [-0.1, -0.05) is 19.6 Å². The second-order valence-corrected chi connectivity index (χ2v) is 16.8. The standard InChI is InChI=1S/C26H34F4N4O3Si/c1-16-31-21(13-23(32-16)37-18-8-6-17(7-9-18)26(28,29)30)19-14-34(15-36-10-11-38(3,4)5)22-12-20(27)25(35)33(2)24(19)22/h12-14,17-18H,6-11,15H2,1-5H3. The van der Waals surface area contributed by atoms with Gasteiger partial charge in [0.1, 0.15) is 18.7 Å². The van der Waals surface area contributed by atoms with Gasteiger partial charge in [0.15, 0.2) is 5.82 Å². The lowest BCUT2D eigenvalue weighted by molar-refractivity contribution is -0.185. The van der Waals surface area contributed by atoms with E-state index in [1.807, 2.05) is 0 Å². The summed E-state index contributed by atoms with van der Waals surface area (Å²) in [7, 11) is 0.205. The first-order chi connectivity index (χ1) is 17.7. The van der Waals surface area contributed by atoms with E-state index in [9.17, 15) is 22.4 Å². The van der Waals surface area contributed by atoms with Crippen molar-refractivity contribution in [3.63, 3.8) is 0 Å². The predicted molar refractivity (Wildman–Crippen MR) is 139 cm³/mol. The zero-order valence-electron chi connectivity index (χ0n) is 22.4. The van der Waals surface area contributed by atoms with Crippen molar-refractivity contribution in [2.75, 3.05) is 6.61 Å². The van der Waals surface area contributed by atoms with Crippen molar-refractivity contribution >= 4 is 19.1 Å². The molecule has 0 aromatic carbocycles. The molecule has 0 N–H and O–H groups in total. The summed E-state index contributed by atoms with van der Waals surface area (Å²) < 4.78 is 68.4. The molecule has 1 aliphatic carbocycles. The van der Waals surface area contributed by atoms with Gasteiger partial charge >= 0.3 is 6.18 Å². The molecule has 1 aliphatic rings. The fourth-order valence-electron chi connectivity index (χ4n) is 4.76. The van der Waals surface area contributed by atoms with Gasteiger partial charge in [-0.15, -0.1) is 0 Å². The number of rotatable bonds is 8. The molecule has 0 amide bonds. The van der Waals surface area contributed by atoms with Crippen LogP contribution in [0.5, 0.6) is 5.88 Å². The van der Waals surface area contributed by atoms with Crippen LogP contribution in [-0.4, -0.2) is 46.1 Å². The Bertz CT molecular complexity index is 1360. The molecule has 0 radical (unpaired) electrons. The van der Waals surface area contributed by atoms with Crippen molar-refractivity contribution in [2.24, 2.45) is 13.0 Å². The zero-order chi connectivity index (χ0) is 27.8. The number of aromatic nitrogens is 4. The van der Waals surface area contributed by atoms with E-state index in [4.69, 9.17) is 9.47 Å². The molecular weight excluding hydrogens is 520 g/mol. The number of fused-ring (bicyclic) bond motifs is 1. The lowest BCUT2D eigenvalue weighted by Crippen LogP contribution is -2.32. The topological polar surface area (TPSA) is 71.2 Å². The van der Waals surface area contributed by atoms with Crippen LogP contribution in [0.4, 0.5) is 17.6 Å². The van der Waals surface area contributed by atoms with Crippen LogP contribution < -0.4 is 10.3 Å². The highest BCUT2D eigenvalue weighted by molar-refractivity contribution is 6.76. The van der Waals surface area contributed by atoms with E-state index in [0.717, 1.165) is 6.04 Å². The molecule has 3 aromatic rings. The molecule has 7 nitrogen and oxygen atoms in total. The maximum Gasteiger partial charge on any atom is 0.391 e. The second-order valence-electron chi connectivity index (χ2n) is 11.2. The van der Waals surface area contributed by atoms with Gasteiger partial charge in [-0.25, -0.2) is 9.37 Å². The Labute approximate surface area is 219 Å². The van der Waals surface area contributed by atoms with E-state index < -0.39 is 31.5 Å². The fourth-order valence-corrected chi connectivity index (χ4v) is 5.52. The van der Waals surface area contributed by atoms with Crippen molar-refractivity contribution in [2.45, 2.75) is 77.3 Å². The predicted octanol–water partition coefficient (Wildman–Crippen LogP) is 6.06. The van der Waals surface area contributed by atoms with Crippen molar-refractivity contribution in [1.82, 2.24) is 19.1 Å². The molecule has 0 saturated heterocycles. The zero-order valence-corrected chi connectivity index (χ0v) is 23.4. The van der Waals surface area contributed by atoms with Crippen LogP contribution in [0.15, 0.2) is 23.1 Å². The van der Waals surface area contributed by atoms with Gasteiger partial charge in [0, 0.05) is 45.6 Å². The first kappa shape index (κ1) is 28.3. The molecule has 0 bridgehead atoms. The van der Waals surface area contributed by atoms with Crippen molar-refractivity contribution in [3.05, 3.63) is 40.3 Å². The molecule has 38 heavy (non-hydrogen) atoms. The van der Waals surface area contributed by atoms with Crippen LogP contribution in [0.1, 0.15) is 31.5 Å². The number of aryl methyl sites for hydroxylation is 2. The van der Waals surface area contributed by atoms with Crippen molar-refractivity contribution in [3.8, 4) is 17.1 Å². The highest BCUT2D eigenvalue weighted by atomic mass is 28.3. The van der Waals surface area contributed by atoms with Crippen LogP contribution in [-0.2, 0) is 18.5 Å². The first-order valence-corrected chi connectivity index (χ1v) is 16.5. The number of nitrogens with zero attached hydrogens (tertiary/aromatic N) is 4. The summed E-state index contributed by atoms with van der Waals surface area (Å²) in [5, 5.41) is 0. The molecule has 0 atom stereocenters. The third-order valence-corrected chi connectivity index (χ3v) is 8.65. The summed E-state index contributed by atoms with van der Waals surface area (Å²) in [4.78, 5) is 21.3. The molecule has 1 saturated carbocycles. The number of hydrogen-bond donors (Lipinski definition) is 0. The monoisotopic (exact) mass is 554 g/mol. The summed E-state index contributed by atoms with van der Waals surface area (Å²) >= 11 is 0. The summed E-state index contributed by atoms with van der Waals surface area (Å²) in [5.41, 5.74) is 1.24. The minimum Gasteiger partial charge on any atom is -0.474 e. The summed E-state index contributed by atoms with van der Waals surface area (Å²) in [5.74, 6) is -1.51. The largest absolute Gasteiger partial charge is 0.474 e. The Morgan fingerprint density at radius 3 is 2.42 bits per heavy atom. The summed E-state index contributed by atoms with van der Waals surface area (Å²) in [6, 6.07) is 3.79. The van der Waals surface area contributed by atoms with Crippen LogP contribution in [0, 0.1) is 18.7 Å². The third-order valence-electron chi connectivity index (χ3n) is 6.94. The van der Waals surface area contributed by atoms with E-state index in [2.05, 4.69) is 29.6 Å². The number of pyridine rings is 1. The van der Waals surface area contributed by atoms with Gasteiger partial charge in [-0.3, -0.25) is 4.79 Å². The normalized spacial score (nSPS) is 18.8. The fraction of sp³-hybridized carbons (Fsp3) is 0.577. The molecule has 4 rings (SSSR count). The van der Waals surface area contributed by atoms with E-state index in [-0.39, 0.29) is 44.4 Å². The van der Waals surface area contributed by atoms with Crippen LogP contribution in [0.3, 0.4) is 0 Å². The van der Waals surface area contributed by atoms with Crippen LogP contribution in [0.2, 0.25) is 25.7 Å². The number of alkyl halides is 3. The van der Waals surface area contributed by atoms with E-state index in [0.29, 0.717) is 34.7 Å². The van der Waals surface area contributed by atoms with Crippen LogP contribution >= 0.6 is 0 Å². The average Bonchev–Trinajstić information content (AvgIpc) is 3.17. The minimum atomic E-state index is -4.19. The van der Waals surface area contributed by atoms with Gasteiger partial charge in [0.25, 0.3) is 5.56 Å². The lowest BCUT2D eigenvalue weighted by Gasteiger charge is -2.29. The second kappa shape index (κ2) is 10.8. The quantitative estimate of drug-likeness (QED) is 0.192. The average molecular weight is 555 g/mol. The number of hydrogen-bond acceptors (Lipinski definition) is 5. The maximum atomic E-state index is 14.4. The molecule has 0 spiro atoms. The third kappa shape index (κ3) is 6.45. The smallest absolute Gasteiger partial charge is 0.391 e. The number of halogens is 4. The minimum absolute atomic E-state index is 0.0178. The van der Waals surface area contributed by atoms with Gasteiger partial charge < -0.3 is 18.6 Å². The molecule has 208 valence electrons. The van der Waals surface area contributed by atoms with Crippen LogP contribution in [0.25, 0.3) is 22.3 Å². The van der Waals surface area contributed by atoms with E-state index in [1.165, 1.54) is 17.7 Å². The molecular formula is C26H34F4N4O3Si. The Hall–Kier alpha value is -2.73. The highest BCUT2D eigenvalue weighted by Crippen LogP contribution is 2.39. The Balaban J connectivity index is 1.64. The molecule has 0 aliphatic heterocycles. The number of ether oxygens (including phenoxy) is 2. The van der Waals surface area contributed by atoms with Gasteiger partial charge in [0.2, 0.25) is 5.88 Å². The Morgan fingerprint density at radius 1 is 1.11 bits per heavy atom. The molecule has 3 heterocycles. The summed E-state index contributed by atoms with van der Waals surface area (Å²) in [6.45, 7) is 9.19. The summed E-state index contributed by atoms with van der Waals surface area (Å²) in [6.07, 6.45) is -2.21. The van der Waals surface area contributed by atoms with Gasteiger partial charge in [-0.05, 0) is 38.7 Å². The molecule has 12 heteroatoms. The van der Waals surface area contributed by atoms with E-state index >= 15 is 0 Å².